The number of aromatic nitrogens is 2. The number of carbonyl (C=O) groups is 1. The average molecular weight is 328 g/mol. The second kappa shape index (κ2) is 7.23. The lowest BCUT2D eigenvalue weighted by molar-refractivity contribution is -0.131. The molecule has 2 heterocycles. The predicted molar refractivity (Wildman–Crippen MR) is 82.7 cm³/mol. The zero-order valence-electron chi connectivity index (χ0n) is 13.2. The molecule has 0 radical (unpaired) electrons. The first kappa shape index (κ1) is 17.0. The molecule has 0 atom stereocenters. The van der Waals surface area contributed by atoms with Crippen LogP contribution in [0.4, 0.5) is 0 Å². The van der Waals surface area contributed by atoms with Crippen LogP contribution in [0.1, 0.15) is 32.6 Å². The standard InChI is InChI=1S/C14H24N4O3S/c1-3-4-6-14(19)17-7-5-8-18(10-9-17)22(20,21)13-11-15-16(2)12-13/h11-12H,3-10H2,1-2H3. The predicted octanol–water partition coefficient (Wildman–Crippen LogP) is 0.833. The lowest BCUT2D eigenvalue weighted by Crippen LogP contribution is -2.37. The number of sulfonamides is 1. The Balaban J connectivity index is 2.02. The highest BCUT2D eigenvalue weighted by molar-refractivity contribution is 7.89. The Labute approximate surface area is 131 Å². The van der Waals surface area contributed by atoms with Gasteiger partial charge in [-0.25, -0.2) is 8.42 Å². The summed E-state index contributed by atoms with van der Waals surface area (Å²) in [6.07, 6.45) is 5.95. The fraction of sp³-hybridized carbons (Fsp3) is 0.714. The van der Waals surface area contributed by atoms with E-state index in [1.165, 1.54) is 21.4 Å². The molecule has 0 aliphatic carbocycles. The van der Waals surface area contributed by atoms with Gasteiger partial charge in [0.15, 0.2) is 0 Å². The molecular formula is C14H24N4O3S. The van der Waals surface area contributed by atoms with Gasteiger partial charge < -0.3 is 4.90 Å². The number of hydrogen-bond donors (Lipinski definition) is 0. The summed E-state index contributed by atoms with van der Waals surface area (Å²) in [5, 5.41) is 3.92. The van der Waals surface area contributed by atoms with Crippen molar-refractivity contribution in [2.24, 2.45) is 7.05 Å². The van der Waals surface area contributed by atoms with Crippen LogP contribution in [-0.4, -0.2) is 59.5 Å². The highest BCUT2D eigenvalue weighted by Crippen LogP contribution is 2.17. The van der Waals surface area contributed by atoms with Crippen LogP contribution in [-0.2, 0) is 21.9 Å². The van der Waals surface area contributed by atoms with Gasteiger partial charge in [0.2, 0.25) is 15.9 Å². The van der Waals surface area contributed by atoms with Gasteiger partial charge in [-0.1, -0.05) is 13.3 Å². The largest absolute Gasteiger partial charge is 0.341 e. The van der Waals surface area contributed by atoms with Crippen molar-refractivity contribution in [2.75, 3.05) is 26.2 Å². The molecule has 1 amide bonds. The highest BCUT2D eigenvalue weighted by Gasteiger charge is 2.28. The third-order valence-corrected chi connectivity index (χ3v) is 5.72. The Morgan fingerprint density at radius 1 is 1.27 bits per heavy atom. The van der Waals surface area contributed by atoms with Crippen LogP contribution < -0.4 is 0 Å². The van der Waals surface area contributed by atoms with Crippen LogP contribution >= 0.6 is 0 Å². The third-order valence-electron chi connectivity index (χ3n) is 3.87. The summed E-state index contributed by atoms with van der Waals surface area (Å²) in [6.45, 7) is 3.92. The summed E-state index contributed by atoms with van der Waals surface area (Å²) in [6, 6.07) is 0. The van der Waals surface area contributed by atoms with Gasteiger partial charge in [0.05, 0.1) is 6.20 Å². The number of rotatable bonds is 5. The maximum absolute atomic E-state index is 12.6. The van der Waals surface area contributed by atoms with Crippen molar-refractivity contribution in [1.29, 1.82) is 0 Å². The van der Waals surface area contributed by atoms with Crippen molar-refractivity contribution < 1.29 is 13.2 Å². The van der Waals surface area contributed by atoms with Crippen molar-refractivity contribution >= 4 is 15.9 Å². The number of unbranched alkanes of at least 4 members (excludes halogenated alkanes) is 1. The summed E-state index contributed by atoms with van der Waals surface area (Å²) in [7, 11) is -1.83. The van der Waals surface area contributed by atoms with Gasteiger partial charge in [0, 0.05) is 45.8 Å². The fourth-order valence-corrected chi connectivity index (χ4v) is 4.01. The van der Waals surface area contributed by atoms with Gasteiger partial charge in [-0.15, -0.1) is 0 Å². The van der Waals surface area contributed by atoms with Gasteiger partial charge in [0.25, 0.3) is 0 Å². The minimum atomic E-state index is -3.52. The third kappa shape index (κ3) is 3.86. The average Bonchev–Trinajstić information content (AvgIpc) is 2.77. The molecule has 1 saturated heterocycles. The van der Waals surface area contributed by atoms with Gasteiger partial charge >= 0.3 is 0 Å². The number of amides is 1. The molecule has 1 aromatic rings. The van der Waals surface area contributed by atoms with Crippen molar-refractivity contribution in [1.82, 2.24) is 19.0 Å². The summed E-state index contributed by atoms with van der Waals surface area (Å²) < 4.78 is 28.1. The molecule has 0 unspecified atom stereocenters. The number of hydrogen-bond acceptors (Lipinski definition) is 4. The Hall–Kier alpha value is -1.41. The van der Waals surface area contributed by atoms with E-state index in [-0.39, 0.29) is 10.8 Å². The van der Waals surface area contributed by atoms with E-state index in [0.29, 0.717) is 39.0 Å². The van der Waals surface area contributed by atoms with Crippen LogP contribution in [0.2, 0.25) is 0 Å². The van der Waals surface area contributed by atoms with E-state index in [1.807, 2.05) is 0 Å². The number of aryl methyl sites for hydroxylation is 1. The van der Waals surface area contributed by atoms with Crippen LogP contribution in [0.3, 0.4) is 0 Å². The van der Waals surface area contributed by atoms with Crippen molar-refractivity contribution in [3.8, 4) is 0 Å². The van der Waals surface area contributed by atoms with Crippen LogP contribution in [0.5, 0.6) is 0 Å². The normalized spacial score (nSPS) is 17.5. The second-order valence-electron chi connectivity index (χ2n) is 5.59. The number of nitrogens with zero attached hydrogens (tertiary/aromatic N) is 4. The van der Waals surface area contributed by atoms with E-state index < -0.39 is 10.0 Å². The van der Waals surface area contributed by atoms with Gasteiger partial charge in [0.1, 0.15) is 4.90 Å². The van der Waals surface area contributed by atoms with E-state index in [2.05, 4.69) is 12.0 Å². The van der Waals surface area contributed by atoms with Crippen molar-refractivity contribution in [3.63, 3.8) is 0 Å². The molecule has 8 heteroatoms. The molecule has 0 saturated carbocycles. The quantitative estimate of drug-likeness (QED) is 0.802. The Bertz CT molecular complexity index is 611. The van der Waals surface area contributed by atoms with Crippen LogP contribution in [0, 0.1) is 0 Å². The zero-order valence-corrected chi connectivity index (χ0v) is 14.0. The van der Waals surface area contributed by atoms with Gasteiger partial charge in [-0.2, -0.15) is 9.40 Å². The maximum Gasteiger partial charge on any atom is 0.246 e. The topological polar surface area (TPSA) is 75.5 Å². The molecular weight excluding hydrogens is 304 g/mol. The molecule has 7 nitrogen and oxygen atoms in total. The van der Waals surface area contributed by atoms with Crippen molar-refractivity contribution in [2.45, 2.75) is 37.5 Å². The van der Waals surface area contributed by atoms with E-state index >= 15 is 0 Å². The molecule has 2 rings (SSSR count). The smallest absolute Gasteiger partial charge is 0.246 e. The molecule has 1 aromatic heterocycles. The molecule has 1 aliphatic rings. The molecule has 124 valence electrons. The summed E-state index contributed by atoms with van der Waals surface area (Å²) in [4.78, 5) is 14.1. The molecule has 0 N–H and O–H groups in total. The first-order valence-electron chi connectivity index (χ1n) is 7.71. The summed E-state index contributed by atoms with van der Waals surface area (Å²) in [5.74, 6) is 0.127. The Morgan fingerprint density at radius 3 is 2.68 bits per heavy atom. The minimum Gasteiger partial charge on any atom is -0.341 e. The first-order chi connectivity index (χ1) is 10.4. The maximum atomic E-state index is 12.6. The molecule has 0 spiro atoms. The lowest BCUT2D eigenvalue weighted by Gasteiger charge is -2.21. The summed E-state index contributed by atoms with van der Waals surface area (Å²) >= 11 is 0. The second-order valence-corrected chi connectivity index (χ2v) is 7.53. The number of carbonyl (C=O) groups excluding carboxylic acids is 1. The fourth-order valence-electron chi connectivity index (χ4n) is 2.55. The van der Waals surface area contributed by atoms with Gasteiger partial charge in [-0.3, -0.25) is 9.48 Å². The molecule has 1 aliphatic heterocycles. The zero-order chi connectivity index (χ0) is 16.2. The molecule has 1 fully saturated rings. The van der Waals surface area contributed by atoms with Crippen molar-refractivity contribution in [3.05, 3.63) is 12.4 Å². The monoisotopic (exact) mass is 328 g/mol. The van der Waals surface area contributed by atoms with E-state index in [4.69, 9.17) is 0 Å². The highest BCUT2D eigenvalue weighted by atomic mass is 32.2. The molecule has 0 bridgehead atoms. The van der Waals surface area contributed by atoms with E-state index in [9.17, 15) is 13.2 Å². The first-order valence-corrected chi connectivity index (χ1v) is 9.15. The lowest BCUT2D eigenvalue weighted by atomic mass is 10.2. The summed E-state index contributed by atoms with van der Waals surface area (Å²) in [5.41, 5.74) is 0. The molecule has 22 heavy (non-hydrogen) atoms. The van der Waals surface area contributed by atoms with Gasteiger partial charge in [-0.05, 0) is 12.8 Å². The SMILES string of the molecule is CCCCC(=O)N1CCCN(S(=O)(=O)c2cnn(C)c2)CC1. The molecule has 0 aromatic carbocycles. The Kier molecular flexibility index (Phi) is 5.57. The Morgan fingerprint density at radius 2 is 2.05 bits per heavy atom. The van der Waals surface area contributed by atoms with Crippen LogP contribution in [0.25, 0.3) is 0 Å². The minimum absolute atomic E-state index is 0.127. The van der Waals surface area contributed by atoms with E-state index in [1.54, 1.807) is 11.9 Å². The van der Waals surface area contributed by atoms with Crippen LogP contribution in [0.15, 0.2) is 17.3 Å². The van der Waals surface area contributed by atoms with E-state index in [0.717, 1.165) is 12.8 Å².